The molecule has 1 heterocycles. The van der Waals surface area contributed by atoms with E-state index in [-0.39, 0.29) is 0 Å². The minimum absolute atomic E-state index is 0.469. The SMILES string of the molecule is C=[N+]1C=C2C=C[CH-]C=C2OC(C)Oc2ccccc2[CH-][N+](=C)c2ccccc21.CC.CC.CCC. The van der Waals surface area contributed by atoms with Gasteiger partial charge in [-0.3, -0.25) is 4.58 Å². The van der Waals surface area contributed by atoms with E-state index in [4.69, 9.17) is 9.47 Å². The molecule has 35 heavy (non-hydrogen) atoms. The lowest BCUT2D eigenvalue weighted by atomic mass is 10.1. The average Bonchev–Trinajstić information content (AvgIpc) is 2.89. The zero-order valence-electron chi connectivity index (χ0n) is 22.5. The minimum Gasteiger partial charge on any atom is -0.517 e. The Bertz CT molecular complexity index is 1050. The first kappa shape index (κ1) is 29.4. The Balaban J connectivity index is 0.000000797. The fourth-order valence-corrected chi connectivity index (χ4v) is 3.20. The van der Waals surface area contributed by atoms with Crippen LogP contribution in [0.1, 0.15) is 60.5 Å². The van der Waals surface area contributed by atoms with Crippen molar-refractivity contribution < 1.29 is 18.6 Å². The topological polar surface area (TPSA) is 24.5 Å². The normalized spacial score (nSPS) is 15.8. The molecular weight excluding hydrogens is 432 g/mol. The molecule has 4 nitrogen and oxygen atoms in total. The largest absolute Gasteiger partial charge is 0.517 e. The summed E-state index contributed by atoms with van der Waals surface area (Å²) >= 11 is 0. The maximum atomic E-state index is 6.08. The Labute approximate surface area is 213 Å². The third-order valence-electron chi connectivity index (χ3n) is 4.51. The van der Waals surface area contributed by atoms with Crippen LogP contribution in [0.15, 0.2) is 84.3 Å². The highest BCUT2D eigenvalue weighted by atomic mass is 16.7. The van der Waals surface area contributed by atoms with Crippen LogP contribution in [0.25, 0.3) is 0 Å². The fourth-order valence-electron chi connectivity index (χ4n) is 3.20. The lowest BCUT2D eigenvalue weighted by Crippen LogP contribution is -2.18. The molecule has 0 radical (unpaired) electrons. The van der Waals surface area contributed by atoms with Gasteiger partial charge in [0.1, 0.15) is 13.3 Å². The molecule has 0 aromatic heterocycles. The Morgan fingerprint density at radius 2 is 1.49 bits per heavy atom. The number of benzene rings is 2. The van der Waals surface area contributed by atoms with Gasteiger partial charge in [-0.2, -0.15) is 23.1 Å². The maximum absolute atomic E-state index is 6.08. The van der Waals surface area contributed by atoms with Gasteiger partial charge in [-0.25, -0.2) is 0 Å². The average molecular weight is 475 g/mol. The highest BCUT2D eigenvalue weighted by Crippen LogP contribution is 2.32. The number of nitrogens with zero attached hydrogens (tertiary/aromatic N) is 2. The summed E-state index contributed by atoms with van der Waals surface area (Å²) in [5.74, 6) is 1.46. The number of allylic oxidation sites excluding steroid dienone is 3. The van der Waals surface area contributed by atoms with Gasteiger partial charge in [0.25, 0.3) is 0 Å². The molecule has 0 amide bonds. The van der Waals surface area contributed by atoms with E-state index in [0.29, 0.717) is 0 Å². The van der Waals surface area contributed by atoms with Crippen LogP contribution < -0.4 is 4.74 Å². The molecule has 0 saturated carbocycles. The van der Waals surface area contributed by atoms with E-state index in [1.807, 2.05) is 130 Å². The van der Waals surface area contributed by atoms with E-state index in [0.717, 1.165) is 34.0 Å². The molecule has 2 aromatic rings. The van der Waals surface area contributed by atoms with Crippen molar-refractivity contribution in [3.63, 3.8) is 0 Å². The molecule has 0 spiro atoms. The van der Waals surface area contributed by atoms with Gasteiger partial charge in [0, 0.05) is 18.7 Å². The monoisotopic (exact) mass is 474 g/mol. The number of para-hydroxylation sites is 3. The summed E-state index contributed by atoms with van der Waals surface area (Å²) in [4.78, 5) is 0. The van der Waals surface area contributed by atoms with E-state index in [1.54, 1.807) is 0 Å². The number of fused-ring (bicyclic) bond motifs is 3. The molecule has 1 aliphatic heterocycles. The molecule has 188 valence electrons. The fraction of sp³-hybridized carbons (Fsp3) is 0.290. The zero-order valence-corrected chi connectivity index (χ0v) is 22.5. The Kier molecular flexibility index (Phi) is 13.5. The summed E-state index contributed by atoms with van der Waals surface area (Å²) in [7, 11) is 0. The van der Waals surface area contributed by atoms with Gasteiger partial charge in [-0.1, -0.05) is 78.3 Å². The van der Waals surface area contributed by atoms with Crippen molar-refractivity contribution in [3.8, 4) is 5.75 Å². The zero-order chi connectivity index (χ0) is 26.2. The van der Waals surface area contributed by atoms with E-state index in [1.165, 1.54) is 6.42 Å². The summed E-state index contributed by atoms with van der Waals surface area (Å²) in [5, 5.41) is 0. The van der Waals surface area contributed by atoms with E-state index in [9.17, 15) is 0 Å². The lowest BCUT2D eigenvalue weighted by molar-refractivity contribution is -0.404. The van der Waals surface area contributed by atoms with Crippen molar-refractivity contribution in [2.45, 2.75) is 61.2 Å². The first-order valence-electron chi connectivity index (χ1n) is 12.5. The minimum atomic E-state index is -0.469. The van der Waals surface area contributed by atoms with Crippen molar-refractivity contribution in [1.29, 1.82) is 0 Å². The molecule has 1 unspecified atom stereocenters. The molecule has 2 aromatic carbocycles. The molecule has 0 N–H and O–H groups in total. The molecule has 0 bridgehead atoms. The van der Waals surface area contributed by atoms with Crippen LogP contribution in [0.4, 0.5) is 11.4 Å². The van der Waals surface area contributed by atoms with Gasteiger partial charge >= 0.3 is 0 Å². The summed E-state index contributed by atoms with van der Waals surface area (Å²) in [6.45, 7) is 24.5. The van der Waals surface area contributed by atoms with Gasteiger partial charge < -0.3 is 9.47 Å². The van der Waals surface area contributed by atoms with Crippen LogP contribution in [-0.2, 0) is 4.74 Å². The molecule has 0 saturated heterocycles. The van der Waals surface area contributed by atoms with Crippen LogP contribution in [-0.4, -0.2) is 28.9 Å². The van der Waals surface area contributed by atoms with Crippen LogP contribution in [0.5, 0.6) is 5.75 Å². The van der Waals surface area contributed by atoms with Crippen LogP contribution in [0.2, 0.25) is 0 Å². The predicted octanol–water partition coefficient (Wildman–Crippen LogP) is 8.35. The second-order valence-corrected chi connectivity index (χ2v) is 7.27. The summed E-state index contributed by atoms with van der Waals surface area (Å²) in [6.07, 6.45) is 10.6. The number of hydrogen-bond acceptors (Lipinski definition) is 2. The standard InChI is InChI=1S/C24H22N2O2.C3H8.2C2H6/c1-18-27-23-14-8-4-10-19(23)16-25(2)21-12-6-7-13-22(21)26(3)17-20-11-5-9-15-24(20)28-18;1-3-2;2*1-2/h4-18H,2-3H2,1H3;3H2,1-2H3;2*1-2H3. The van der Waals surface area contributed by atoms with Gasteiger partial charge in [0.05, 0.1) is 12.5 Å². The first-order chi connectivity index (χ1) is 17.0. The molecule has 1 atom stereocenters. The molecule has 0 fully saturated rings. The van der Waals surface area contributed by atoms with Crippen molar-refractivity contribution >= 4 is 24.8 Å². The summed E-state index contributed by atoms with van der Waals surface area (Å²) in [6, 6.07) is 15.8. The highest BCUT2D eigenvalue weighted by molar-refractivity contribution is 5.56. The molecule has 4 heteroatoms. The molecule has 2 aliphatic rings. The predicted molar refractivity (Wildman–Crippen MR) is 150 cm³/mol. The maximum Gasteiger partial charge on any atom is 0.248 e. The Hall–Kier alpha value is -3.66. The first-order valence-corrected chi connectivity index (χ1v) is 12.5. The third kappa shape index (κ3) is 8.56. The smallest absolute Gasteiger partial charge is 0.248 e. The van der Waals surface area contributed by atoms with Gasteiger partial charge in [0.2, 0.25) is 17.7 Å². The van der Waals surface area contributed by atoms with Crippen molar-refractivity contribution in [2.24, 2.45) is 0 Å². The number of ether oxygens (including phenoxy) is 2. The van der Waals surface area contributed by atoms with Gasteiger partial charge in [-0.15, -0.1) is 12.1 Å². The molecule has 4 rings (SSSR count). The van der Waals surface area contributed by atoms with Crippen molar-refractivity contribution in [3.05, 3.63) is 103 Å². The van der Waals surface area contributed by atoms with Crippen molar-refractivity contribution in [2.75, 3.05) is 0 Å². The van der Waals surface area contributed by atoms with Gasteiger partial charge in [-0.05, 0) is 17.2 Å². The summed E-state index contributed by atoms with van der Waals surface area (Å²) < 4.78 is 15.8. The van der Waals surface area contributed by atoms with Crippen LogP contribution >= 0.6 is 0 Å². The number of hydrogen-bond donors (Lipinski definition) is 0. The lowest BCUT2D eigenvalue weighted by Gasteiger charge is -2.27. The second-order valence-electron chi connectivity index (χ2n) is 7.27. The van der Waals surface area contributed by atoms with Crippen LogP contribution in [0, 0.1) is 13.0 Å². The second kappa shape index (κ2) is 16.0. The van der Waals surface area contributed by atoms with Crippen molar-refractivity contribution in [1.82, 2.24) is 0 Å². The van der Waals surface area contributed by atoms with Gasteiger partial charge in [0.15, 0.2) is 6.20 Å². The summed E-state index contributed by atoms with van der Waals surface area (Å²) in [5.41, 5.74) is 3.67. The van der Waals surface area contributed by atoms with Crippen LogP contribution in [0.3, 0.4) is 0 Å². The Morgan fingerprint density at radius 1 is 0.886 bits per heavy atom. The Morgan fingerprint density at radius 3 is 2.17 bits per heavy atom. The molecule has 1 aliphatic carbocycles. The quantitative estimate of drug-likeness (QED) is 0.283. The highest BCUT2D eigenvalue weighted by Gasteiger charge is 2.19. The number of rotatable bonds is 0. The van der Waals surface area contributed by atoms with E-state index in [2.05, 4.69) is 27.3 Å². The van der Waals surface area contributed by atoms with E-state index >= 15 is 0 Å². The molecular formula is C31H42N2O2. The van der Waals surface area contributed by atoms with E-state index < -0.39 is 6.29 Å². The third-order valence-corrected chi connectivity index (χ3v) is 4.51.